The lowest BCUT2D eigenvalue weighted by molar-refractivity contribution is -0.225. The number of allylic oxidation sites excluding steroid dienone is 2. The number of terminal acetylenes is 1. The van der Waals surface area contributed by atoms with E-state index >= 15 is 0 Å². The molecule has 0 aromatic rings. The van der Waals surface area contributed by atoms with E-state index in [1.54, 1.807) is 0 Å². The van der Waals surface area contributed by atoms with Crippen molar-refractivity contribution in [3.05, 3.63) is 22.9 Å². The van der Waals surface area contributed by atoms with Gasteiger partial charge in [-0.2, -0.15) is 0 Å². The standard InChI is InChI=1S/C32H45NO2/c1-10-32-15-13-27(2,3)18-20(32)25-22(34)17-24-29(6)19-21(33-9)26(35)28(4,5)23(29)11-12-30(24,7)31(25,8)14-16-32/h1,20,23-25,35H,11-19H2,2-8H3/t20-,23-,24+,25-,29-,30+,31+,32+/m0/s1. The van der Waals surface area contributed by atoms with E-state index in [1.165, 1.54) is 0 Å². The number of aliphatic hydroxyl groups excluding tert-OH is 1. The molecule has 1 N–H and O–H groups in total. The zero-order chi connectivity index (χ0) is 25.8. The molecule has 5 aliphatic rings. The number of hydrogen-bond acceptors (Lipinski definition) is 2. The molecule has 0 unspecified atom stereocenters. The van der Waals surface area contributed by atoms with Crippen molar-refractivity contribution in [2.24, 2.45) is 56.2 Å². The molecule has 3 nitrogen and oxygen atoms in total. The Morgan fingerprint density at radius 3 is 2.26 bits per heavy atom. The Balaban J connectivity index is 1.62. The molecule has 0 spiro atoms. The van der Waals surface area contributed by atoms with E-state index in [0.717, 1.165) is 44.9 Å². The fraction of sp³-hybridized carbons (Fsp3) is 0.812. The topological polar surface area (TPSA) is 41.7 Å². The lowest BCUT2D eigenvalue weighted by Crippen LogP contribution is -2.68. The lowest BCUT2D eigenvalue weighted by atomic mass is 9.31. The fourth-order valence-corrected chi connectivity index (χ4v) is 10.8. The minimum absolute atomic E-state index is 0.0232. The minimum Gasteiger partial charge on any atom is -0.523 e. The number of rotatable bonds is 0. The molecule has 4 saturated carbocycles. The number of nitrogens with zero attached hydrogens (tertiary/aromatic N) is 1. The van der Waals surface area contributed by atoms with Crippen molar-refractivity contribution in [2.45, 2.75) is 106 Å². The molecular weight excluding hydrogens is 430 g/mol. The maximum absolute atomic E-state index is 14.4. The molecule has 8 atom stereocenters. The van der Waals surface area contributed by atoms with Gasteiger partial charge in [0.1, 0.15) is 11.5 Å². The van der Waals surface area contributed by atoms with E-state index in [-0.39, 0.29) is 56.5 Å². The van der Waals surface area contributed by atoms with Crippen molar-refractivity contribution >= 4 is 5.78 Å². The first-order valence-corrected chi connectivity index (χ1v) is 13.9. The summed E-state index contributed by atoms with van der Waals surface area (Å²) in [7, 11) is 0. The average Bonchev–Trinajstić information content (AvgIpc) is 2.77. The zero-order valence-electron chi connectivity index (χ0n) is 23.1. The third kappa shape index (κ3) is 2.94. The van der Waals surface area contributed by atoms with Gasteiger partial charge in [0.2, 0.25) is 5.70 Å². The van der Waals surface area contributed by atoms with E-state index in [4.69, 9.17) is 13.0 Å². The van der Waals surface area contributed by atoms with Gasteiger partial charge in [0.15, 0.2) is 0 Å². The summed E-state index contributed by atoms with van der Waals surface area (Å²) in [5, 5.41) is 11.0. The van der Waals surface area contributed by atoms with Crippen LogP contribution in [0.3, 0.4) is 0 Å². The van der Waals surface area contributed by atoms with E-state index in [0.29, 0.717) is 24.3 Å². The van der Waals surface area contributed by atoms with Gasteiger partial charge in [-0.3, -0.25) is 4.79 Å². The smallest absolute Gasteiger partial charge is 0.203 e. The second-order valence-corrected chi connectivity index (χ2v) is 15.2. The summed E-state index contributed by atoms with van der Waals surface area (Å²) in [6, 6.07) is 0. The van der Waals surface area contributed by atoms with Gasteiger partial charge in [0.25, 0.3) is 0 Å². The Morgan fingerprint density at radius 1 is 0.971 bits per heavy atom. The molecule has 5 aliphatic carbocycles. The first-order valence-electron chi connectivity index (χ1n) is 13.9. The van der Waals surface area contributed by atoms with Gasteiger partial charge in [-0.05, 0) is 90.8 Å². The Kier molecular flexibility index (Phi) is 5.11. The summed E-state index contributed by atoms with van der Waals surface area (Å²) < 4.78 is 0. The molecule has 0 aromatic heterocycles. The van der Waals surface area contributed by atoms with Gasteiger partial charge in [-0.15, -0.1) is 6.42 Å². The van der Waals surface area contributed by atoms with Gasteiger partial charge in [0, 0.05) is 23.2 Å². The lowest BCUT2D eigenvalue weighted by Gasteiger charge is -2.72. The van der Waals surface area contributed by atoms with Gasteiger partial charge in [0.05, 0.1) is 6.57 Å². The van der Waals surface area contributed by atoms with Gasteiger partial charge < -0.3 is 5.11 Å². The maximum Gasteiger partial charge on any atom is 0.203 e. The number of hydrogen-bond donors (Lipinski definition) is 1. The van der Waals surface area contributed by atoms with Crippen molar-refractivity contribution in [3.63, 3.8) is 0 Å². The third-order valence-electron chi connectivity index (χ3n) is 13.0. The number of Topliss-reactive ketones (excluding diaryl/α,β-unsaturated/α-hetero) is 1. The van der Waals surface area contributed by atoms with Crippen LogP contribution in [0.2, 0.25) is 0 Å². The fourth-order valence-electron chi connectivity index (χ4n) is 10.8. The Hall–Kier alpha value is -1.74. The van der Waals surface area contributed by atoms with Crippen LogP contribution in [0.5, 0.6) is 0 Å². The number of carbonyl (C=O) groups is 1. The van der Waals surface area contributed by atoms with E-state index in [9.17, 15) is 9.90 Å². The Labute approximate surface area is 213 Å². The first-order chi connectivity index (χ1) is 16.1. The van der Waals surface area contributed by atoms with E-state index in [2.05, 4.69) is 59.2 Å². The molecule has 0 bridgehead atoms. The molecule has 0 aliphatic heterocycles. The second kappa shape index (κ2) is 7.18. The predicted octanol–water partition coefficient (Wildman–Crippen LogP) is 7.98. The quantitative estimate of drug-likeness (QED) is 0.285. The minimum atomic E-state index is -0.437. The van der Waals surface area contributed by atoms with Gasteiger partial charge >= 0.3 is 0 Å². The van der Waals surface area contributed by atoms with E-state index in [1.807, 2.05) is 0 Å². The van der Waals surface area contributed by atoms with Gasteiger partial charge in [-0.1, -0.05) is 54.4 Å². The third-order valence-corrected chi connectivity index (χ3v) is 13.0. The highest BCUT2D eigenvalue weighted by molar-refractivity contribution is 5.84. The Morgan fingerprint density at radius 2 is 1.63 bits per heavy atom. The Bertz CT molecular complexity index is 1080. The van der Waals surface area contributed by atoms with Crippen molar-refractivity contribution in [2.75, 3.05) is 0 Å². The molecule has 5 rings (SSSR count). The van der Waals surface area contributed by atoms with Crippen molar-refractivity contribution < 1.29 is 9.90 Å². The van der Waals surface area contributed by atoms with E-state index < -0.39 is 5.41 Å². The maximum atomic E-state index is 14.4. The highest BCUT2D eigenvalue weighted by Gasteiger charge is 2.72. The molecule has 35 heavy (non-hydrogen) atoms. The van der Waals surface area contributed by atoms with Crippen LogP contribution in [-0.4, -0.2) is 10.9 Å². The summed E-state index contributed by atoms with van der Waals surface area (Å²) in [5.41, 5.74) is -0.0438. The molecule has 3 heteroatoms. The second-order valence-electron chi connectivity index (χ2n) is 15.2. The van der Waals surface area contributed by atoms with Crippen LogP contribution in [0.1, 0.15) is 106 Å². The largest absolute Gasteiger partial charge is 0.523 e. The van der Waals surface area contributed by atoms with Crippen molar-refractivity contribution in [3.8, 4) is 12.3 Å². The SMILES string of the molecule is [C-]#[N+]C1=C(O)C(C)(C)[C@@H]2CC[C@]3(C)[C@H](CC(=O)[C@@H]4[C@@H]5CC(C)(C)CC[C@]5(C#C)CC[C@]43C)[C@@]2(C)C1. The molecule has 4 fully saturated rings. The number of ketones is 1. The number of aliphatic hydroxyl groups is 1. The highest BCUT2D eigenvalue weighted by atomic mass is 16.3. The van der Waals surface area contributed by atoms with Gasteiger partial charge in [-0.25, -0.2) is 4.85 Å². The normalized spacial score (nSPS) is 50.0. The molecule has 0 aromatic carbocycles. The molecule has 190 valence electrons. The van der Waals surface area contributed by atoms with Crippen molar-refractivity contribution in [1.82, 2.24) is 0 Å². The van der Waals surface area contributed by atoms with Crippen LogP contribution in [-0.2, 0) is 4.79 Å². The summed E-state index contributed by atoms with van der Waals surface area (Å²) in [4.78, 5) is 18.2. The van der Waals surface area contributed by atoms with Crippen molar-refractivity contribution in [1.29, 1.82) is 0 Å². The van der Waals surface area contributed by atoms with Crippen LogP contribution in [0.4, 0.5) is 0 Å². The predicted molar refractivity (Wildman–Crippen MR) is 140 cm³/mol. The molecule has 0 saturated heterocycles. The average molecular weight is 476 g/mol. The van der Waals surface area contributed by atoms with Crippen LogP contribution < -0.4 is 0 Å². The van der Waals surface area contributed by atoms with Crippen LogP contribution in [0.15, 0.2) is 11.5 Å². The number of fused-ring (bicyclic) bond motifs is 7. The molecule has 0 radical (unpaired) electrons. The highest BCUT2D eigenvalue weighted by Crippen LogP contribution is 2.76. The molecular formula is C32H45NO2. The molecule has 0 amide bonds. The summed E-state index contributed by atoms with van der Waals surface area (Å²) in [6.07, 6.45) is 14.9. The van der Waals surface area contributed by atoms with Crippen LogP contribution in [0, 0.1) is 75.1 Å². The first kappa shape index (κ1) is 24.9. The molecule has 0 heterocycles. The summed E-state index contributed by atoms with van der Waals surface area (Å²) in [6.45, 7) is 24.0. The number of carbonyl (C=O) groups excluding carboxylic acids is 1. The zero-order valence-corrected chi connectivity index (χ0v) is 23.1. The van der Waals surface area contributed by atoms with Crippen LogP contribution >= 0.6 is 0 Å². The van der Waals surface area contributed by atoms with Crippen LogP contribution in [0.25, 0.3) is 4.85 Å². The monoisotopic (exact) mass is 475 g/mol. The summed E-state index contributed by atoms with van der Waals surface area (Å²) in [5.74, 6) is 4.79. The summed E-state index contributed by atoms with van der Waals surface area (Å²) >= 11 is 0.